The molecule has 4 heteroatoms. The number of hydrogen-bond donors (Lipinski definition) is 1. The van der Waals surface area contributed by atoms with Crippen molar-refractivity contribution in [1.29, 1.82) is 0 Å². The van der Waals surface area contributed by atoms with Gasteiger partial charge in [-0.2, -0.15) is 0 Å². The van der Waals surface area contributed by atoms with Crippen LogP contribution in [0.1, 0.15) is 25.3 Å². The van der Waals surface area contributed by atoms with Crippen LogP contribution in [-0.2, 0) is 11.2 Å². The summed E-state index contributed by atoms with van der Waals surface area (Å²) in [5.41, 5.74) is 6.66. The number of methoxy groups -OCH3 is 1. The second-order valence-corrected chi connectivity index (χ2v) is 4.96. The van der Waals surface area contributed by atoms with Crippen LogP contribution >= 0.6 is 15.9 Å². The lowest BCUT2D eigenvalue weighted by atomic mass is 10.0. The molecule has 2 N–H and O–H groups in total. The highest BCUT2D eigenvalue weighted by atomic mass is 79.9. The van der Waals surface area contributed by atoms with Gasteiger partial charge in [0.25, 0.3) is 0 Å². The number of hydrogen-bond acceptors (Lipinski definition) is 3. The molecule has 17 heavy (non-hydrogen) atoms. The fourth-order valence-corrected chi connectivity index (χ4v) is 2.02. The normalized spacial score (nSPS) is 12.2. The van der Waals surface area contributed by atoms with Crippen molar-refractivity contribution in [3.8, 4) is 5.75 Å². The molecule has 0 spiro atoms. The van der Waals surface area contributed by atoms with Crippen molar-refractivity contribution in [2.45, 2.75) is 32.2 Å². The Labute approximate surface area is 110 Å². The molecular weight excluding hydrogens is 282 g/mol. The van der Waals surface area contributed by atoms with Crippen LogP contribution in [0.3, 0.4) is 0 Å². The number of nitrogens with two attached hydrogens (primary N) is 1. The first-order valence-corrected chi connectivity index (χ1v) is 6.45. The fraction of sp³-hybridized carbons (Fsp3) is 0.462. The molecule has 0 amide bonds. The molecule has 0 aliphatic rings. The van der Waals surface area contributed by atoms with E-state index in [4.69, 9.17) is 10.5 Å². The Kier molecular flexibility index (Phi) is 5.65. The Bertz CT molecular complexity index is 393. The molecule has 1 rings (SSSR count). The maximum atomic E-state index is 11.8. The summed E-state index contributed by atoms with van der Waals surface area (Å²) in [7, 11) is 1.61. The lowest BCUT2D eigenvalue weighted by molar-refractivity contribution is -0.118. The van der Waals surface area contributed by atoms with Gasteiger partial charge in [0.15, 0.2) is 0 Å². The summed E-state index contributed by atoms with van der Waals surface area (Å²) < 4.78 is 6.17. The summed E-state index contributed by atoms with van der Waals surface area (Å²) in [6.07, 6.45) is 1.61. The van der Waals surface area contributed by atoms with Gasteiger partial charge in [-0.1, -0.05) is 22.9 Å². The highest BCUT2D eigenvalue weighted by molar-refractivity contribution is 9.10. The van der Waals surface area contributed by atoms with Gasteiger partial charge < -0.3 is 10.5 Å². The zero-order valence-electron chi connectivity index (χ0n) is 10.2. The second kappa shape index (κ2) is 6.77. The standard InChI is InChI=1S/C13H18BrNO2/c1-3-11(15)8-12(16)7-9-6-10(14)4-5-13(9)17-2/h4-6,11H,3,7-8,15H2,1-2H3. The number of benzene rings is 1. The number of carbonyl (C=O) groups is 1. The van der Waals surface area contributed by atoms with E-state index in [1.807, 2.05) is 25.1 Å². The molecule has 0 radical (unpaired) electrons. The van der Waals surface area contributed by atoms with Crippen LogP contribution in [0.15, 0.2) is 22.7 Å². The number of rotatable bonds is 6. The Morgan fingerprint density at radius 2 is 2.24 bits per heavy atom. The predicted molar refractivity (Wildman–Crippen MR) is 72.3 cm³/mol. The molecule has 1 atom stereocenters. The number of halogens is 1. The molecule has 1 unspecified atom stereocenters. The van der Waals surface area contributed by atoms with Crippen LogP contribution in [0, 0.1) is 0 Å². The molecular formula is C13H18BrNO2. The molecule has 0 heterocycles. The molecule has 0 aliphatic carbocycles. The number of ketones is 1. The van der Waals surface area contributed by atoms with Gasteiger partial charge in [0.05, 0.1) is 7.11 Å². The maximum absolute atomic E-state index is 11.8. The van der Waals surface area contributed by atoms with Crippen LogP contribution in [0.5, 0.6) is 5.75 Å². The van der Waals surface area contributed by atoms with Gasteiger partial charge in [-0.15, -0.1) is 0 Å². The molecule has 1 aromatic rings. The zero-order chi connectivity index (χ0) is 12.8. The summed E-state index contributed by atoms with van der Waals surface area (Å²) in [4.78, 5) is 11.8. The van der Waals surface area contributed by atoms with Crippen LogP contribution in [0.4, 0.5) is 0 Å². The minimum absolute atomic E-state index is 0.0411. The average molecular weight is 300 g/mol. The third kappa shape index (κ3) is 4.48. The molecule has 1 aromatic carbocycles. The third-order valence-corrected chi connectivity index (χ3v) is 3.14. The van der Waals surface area contributed by atoms with Crippen molar-refractivity contribution in [2.24, 2.45) is 5.73 Å². The summed E-state index contributed by atoms with van der Waals surface area (Å²) >= 11 is 3.39. The molecule has 3 nitrogen and oxygen atoms in total. The largest absolute Gasteiger partial charge is 0.496 e. The van der Waals surface area contributed by atoms with E-state index in [1.54, 1.807) is 7.11 Å². The minimum Gasteiger partial charge on any atom is -0.496 e. The smallest absolute Gasteiger partial charge is 0.138 e. The first-order chi connectivity index (χ1) is 8.06. The second-order valence-electron chi connectivity index (χ2n) is 4.04. The van der Waals surface area contributed by atoms with Crippen molar-refractivity contribution in [2.75, 3.05) is 7.11 Å². The van der Waals surface area contributed by atoms with E-state index in [-0.39, 0.29) is 11.8 Å². The van der Waals surface area contributed by atoms with Gasteiger partial charge in [-0.05, 0) is 24.6 Å². The first kappa shape index (κ1) is 14.2. The highest BCUT2D eigenvalue weighted by Gasteiger charge is 2.12. The van der Waals surface area contributed by atoms with E-state index in [0.29, 0.717) is 12.8 Å². The van der Waals surface area contributed by atoms with E-state index in [1.165, 1.54) is 0 Å². The van der Waals surface area contributed by atoms with Crippen molar-refractivity contribution in [3.05, 3.63) is 28.2 Å². The number of ether oxygens (including phenoxy) is 1. The van der Waals surface area contributed by atoms with Crippen LogP contribution in [0.25, 0.3) is 0 Å². The Hall–Kier alpha value is -0.870. The Morgan fingerprint density at radius 1 is 1.53 bits per heavy atom. The van der Waals surface area contributed by atoms with Gasteiger partial charge in [0.2, 0.25) is 0 Å². The van der Waals surface area contributed by atoms with Gasteiger partial charge in [-0.25, -0.2) is 0 Å². The summed E-state index contributed by atoms with van der Waals surface area (Å²) in [6.45, 7) is 1.98. The summed E-state index contributed by atoms with van der Waals surface area (Å²) in [5.74, 6) is 0.891. The molecule has 0 bridgehead atoms. The molecule has 0 saturated heterocycles. The lowest BCUT2D eigenvalue weighted by Crippen LogP contribution is -2.23. The highest BCUT2D eigenvalue weighted by Crippen LogP contribution is 2.23. The monoisotopic (exact) mass is 299 g/mol. The summed E-state index contributed by atoms with van der Waals surface area (Å²) in [5, 5.41) is 0. The van der Waals surface area contributed by atoms with Gasteiger partial charge in [0.1, 0.15) is 11.5 Å². The molecule has 0 saturated carbocycles. The Morgan fingerprint density at radius 3 is 2.82 bits per heavy atom. The first-order valence-electron chi connectivity index (χ1n) is 5.66. The number of carbonyl (C=O) groups excluding carboxylic acids is 1. The van der Waals surface area contributed by atoms with E-state index < -0.39 is 0 Å². The molecule has 0 fully saturated rings. The van der Waals surface area contributed by atoms with Gasteiger partial charge in [0, 0.05) is 28.9 Å². The SMILES string of the molecule is CCC(N)CC(=O)Cc1cc(Br)ccc1OC. The minimum atomic E-state index is -0.0411. The van der Waals surface area contributed by atoms with Gasteiger partial charge in [-0.3, -0.25) is 4.79 Å². The van der Waals surface area contributed by atoms with Crippen molar-refractivity contribution in [3.63, 3.8) is 0 Å². The predicted octanol–water partition coefficient (Wildman–Crippen LogP) is 2.70. The van der Waals surface area contributed by atoms with Crippen LogP contribution < -0.4 is 10.5 Å². The van der Waals surface area contributed by atoms with E-state index >= 15 is 0 Å². The van der Waals surface area contributed by atoms with Crippen molar-refractivity contribution >= 4 is 21.7 Å². The van der Waals surface area contributed by atoms with Crippen LogP contribution in [0.2, 0.25) is 0 Å². The maximum Gasteiger partial charge on any atom is 0.138 e. The van der Waals surface area contributed by atoms with Gasteiger partial charge >= 0.3 is 0 Å². The quantitative estimate of drug-likeness (QED) is 0.879. The fourth-order valence-electron chi connectivity index (χ4n) is 1.61. The topological polar surface area (TPSA) is 52.3 Å². The third-order valence-electron chi connectivity index (χ3n) is 2.64. The van der Waals surface area contributed by atoms with E-state index in [0.717, 1.165) is 22.2 Å². The zero-order valence-corrected chi connectivity index (χ0v) is 11.8. The summed E-state index contributed by atoms with van der Waals surface area (Å²) in [6, 6.07) is 5.62. The Balaban J connectivity index is 2.73. The molecule has 0 aromatic heterocycles. The van der Waals surface area contributed by atoms with Crippen molar-refractivity contribution in [1.82, 2.24) is 0 Å². The lowest BCUT2D eigenvalue weighted by Gasteiger charge is -2.10. The number of Topliss-reactive ketones (excluding diaryl/α,β-unsaturated/α-hetero) is 1. The average Bonchev–Trinajstić information content (AvgIpc) is 2.29. The molecule has 94 valence electrons. The van der Waals surface area contributed by atoms with Crippen molar-refractivity contribution < 1.29 is 9.53 Å². The van der Waals surface area contributed by atoms with E-state index in [9.17, 15) is 4.79 Å². The van der Waals surface area contributed by atoms with Crippen LogP contribution in [-0.4, -0.2) is 18.9 Å². The van der Waals surface area contributed by atoms with E-state index in [2.05, 4.69) is 15.9 Å². The molecule has 0 aliphatic heterocycles.